The molecule has 1 aliphatic rings. The van der Waals surface area contributed by atoms with Crippen LogP contribution in [-0.2, 0) is 16.4 Å². The highest BCUT2D eigenvalue weighted by Crippen LogP contribution is 2.31. The number of aromatic nitrogens is 2. The molecular formula is C20H19N3O4S. The number of para-hydroxylation sites is 1. The van der Waals surface area contributed by atoms with E-state index < -0.39 is 10.0 Å². The molecule has 0 saturated carbocycles. The van der Waals surface area contributed by atoms with Gasteiger partial charge in [0.1, 0.15) is 0 Å². The number of benzene rings is 2. The first-order valence-corrected chi connectivity index (χ1v) is 10.2. The number of anilines is 1. The monoisotopic (exact) mass is 397 g/mol. The van der Waals surface area contributed by atoms with Crippen molar-refractivity contribution in [1.82, 2.24) is 9.55 Å². The molecule has 4 rings (SSSR count). The summed E-state index contributed by atoms with van der Waals surface area (Å²) in [6, 6.07) is 15.7. The molecule has 0 spiro atoms. The first-order chi connectivity index (χ1) is 13.4. The van der Waals surface area contributed by atoms with Crippen LogP contribution in [0.4, 0.5) is 5.82 Å². The highest BCUT2D eigenvalue weighted by molar-refractivity contribution is 7.92. The summed E-state index contributed by atoms with van der Waals surface area (Å²) in [5.74, 6) is 0.134. The van der Waals surface area contributed by atoms with Gasteiger partial charge in [0.2, 0.25) is 0 Å². The topological polar surface area (TPSA) is 81.5 Å². The zero-order chi connectivity index (χ0) is 19.9. The van der Waals surface area contributed by atoms with E-state index in [1.807, 2.05) is 25.1 Å². The summed E-state index contributed by atoms with van der Waals surface area (Å²) in [5, 5.41) is 0. The van der Waals surface area contributed by atoms with Crippen LogP contribution in [0.1, 0.15) is 11.1 Å². The van der Waals surface area contributed by atoms with Crippen LogP contribution in [0, 0.1) is 6.92 Å². The summed E-state index contributed by atoms with van der Waals surface area (Å²) in [6.07, 6.45) is 0.295. The minimum atomic E-state index is -3.82. The van der Waals surface area contributed by atoms with Crippen molar-refractivity contribution in [3.63, 3.8) is 0 Å². The van der Waals surface area contributed by atoms with E-state index in [0.29, 0.717) is 17.7 Å². The molecule has 7 nitrogen and oxygen atoms in total. The molecule has 0 saturated heterocycles. The van der Waals surface area contributed by atoms with Crippen molar-refractivity contribution in [2.24, 2.45) is 0 Å². The standard InChI is InChI=1S/C20H19N3O4S/c1-14-8-10-16(11-9-14)28(25,26)22-13-12-17-18(22)21-20(27-2)23(19(17)24)15-6-4-3-5-7-15/h3-11H,12-13H2,1-2H3. The first kappa shape index (κ1) is 18.2. The molecule has 0 bridgehead atoms. The fourth-order valence-electron chi connectivity index (χ4n) is 3.28. The molecule has 1 aromatic heterocycles. The Morgan fingerprint density at radius 1 is 1.04 bits per heavy atom. The van der Waals surface area contributed by atoms with Crippen LogP contribution in [0.2, 0.25) is 0 Å². The lowest BCUT2D eigenvalue weighted by Gasteiger charge is -2.20. The average Bonchev–Trinajstić information content (AvgIpc) is 3.14. The van der Waals surface area contributed by atoms with Crippen LogP contribution in [0.5, 0.6) is 6.01 Å². The van der Waals surface area contributed by atoms with Gasteiger partial charge in [0, 0.05) is 13.0 Å². The van der Waals surface area contributed by atoms with E-state index in [-0.39, 0.29) is 28.8 Å². The van der Waals surface area contributed by atoms with E-state index in [2.05, 4.69) is 4.98 Å². The highest BCUT2D eigenvalue weighted by Gasteiger charge is 2.35. The molecular weight excluding hydrogens is 378 g/mol. The smallest absolute Gasteiger partial charge is 0.305 e. The Labute approximate surface area is 162 Å². The van der Waals surface area contributed by atoms with Gasteiger partial charge in [0.25, 0.3) is 15.6 Å². The number of nitrogens with zero attached hydrogens (tertiary/aromatic N) is 3. The second-order valence-corrected chi connectivity index (χ2v) is 8.38. The summed E-state index contributed by atoms with van der Waals surface area (Å²) in [4.78, 5) is 17.7. The summed E-state index contributed by atoms with van der Waals surface area (Å²) >= 11 is 0. The van der Waals surface area contributed by atoms with Gasteiger partial charge in [0.05, 0.1) is 23.3 Å². The zero-order valence-corrected chi connectivity index (χ0v) is 16.3. The fourth-order valence-corrected chi connectivity index (χ4v) is 4.73. The number of hydrogen-bond acceptors (Lipinski definition) is 5. The van der Waals surface area contributed by atoms with Gasteiger partial charge in [-0.2, -0.15) is 4.98 Å². The van der Waals surface area contributed by atoms with E-state index in [1.165, 1.54) is 16.0 Å². The van der Waals surface area contributed by atoms with Gasteiger partial charge in [-0.05, 0) is 31.2 Å². The maximum atomic E-state index is 13.1. The van der Waals surface area contributed by atoms with Crippen LogP contribution in [-0.4, -0.2) is 31.6 Å². The third-order valence-corrected chi connectivity index (χ3v) is 6.53. The predicted octanol–water partition coefficient (Wildman–Crippen LogP) is 2.30. The number of methoxy groups -OCH3 is 1. The van der Waals surface area contributed by atoms with Crippen molar-refractivity contribution >= 4 is 15.8 Å². The summed E-state index contributed by atoms with van der Waals surface area (Å²) < 4.78 is 34.1. The van der Waals surface area contributed by atoms with Crippen LogP contribution >= 0.6 is 0 Å². The van der Waals surface area contributed by atoms with E-state index in [0.717, 1.165) is 5.56 Å². The minimum absolute atomic E-state index is 0.0426. The maximum absolute atomic E-state index is 13.1. The van der Waals surface area contributed by atoms with Gasteiger partial charge < -0.3 is 4.74 Å². The van der Waals surface area contributed by atoms with Gasteiger partial charge in [0.15, 0.2) is 5.82 Å². The second kappa shape index (κ2) is 6.79. The summed E-state index contributed by atoms with van der Waals surface area (Å²) in [5.41, 5.74) is 1.61. The van der Waals surface area contributed by atoms with Crippen molar-refractivity contribution in [3.05, 3.63) is 76.1 Å². The van der Waals surface area contributed by atoms with E-state index >= 15 is 0 Å². The summed E-state index contributed by atoms with van der Waals surface area (Å²) in [6.45, 7) is 2.05. The molecule has 0 radical (unpaired) electrons. The third kappa shape index (κ3) is 2.86. The summed E-state index contributed by atoms with van der Waals surface area (Å²) in [7, 11) is -2.42. The maximum Gasteiger partial charge on any atom is 0.305 e. The largest absolute Gasteiger partial charge is 0.468 e. The lowest BCUT2D eigenvalue weighted by Crippen LogP contribution is -2.31. The third-order valence-electron chi connectivity index (χ3n) is 4.73. The number of aryl methyl sites for hydroxylation is 1. The Balaban J connectivity index is 1.87. The molecule has 0 unspecified atom stereocenters. The van der Waals surface area contributed by atoms with Crippen molar-refractivity contribution in [3.8, 4) is 11.7 Å². The predicted molar refractivity (Wildman–Crippen MR) is 106 cm³/mol. The highest BCUT2D eigenvalue weighted by atomic mass is 32.2. The second-order valence-electron chi connectivity index (χ2n) is 6.52. The van der Waals surface area contributed by atoms with Gasteiger partial charge in [-0.1, -0.05) is 35.9 Å². The van der Waals surface area contributed by atoms with Crippen LogP contribution in [0.25, 0.3) is 5.69 Å². The van der Waals surface area contributed by atoms with Gasteiger partial charge in [-0.3, -0.25) is 4.79 Å². The fraction of sp³-hybridized carbons (Fsp3) is 0.200. The molecule has 28 heavy (non-hydrogen) atoms. The Morgan fingerprint density at radius 2 is 1.71 bits per heavy atom. The molecule has 3 aromatic rings. The lowest BCUT2D eigenvalue weighted by atomic mass is 10.2. The molecule has 0 aliphatic carbocycles. The van der Waals surface area contributed by atoms with Gasteiger partial charge in [-0.15, -0.1) is 0 Å². The molecule has 8 heteroatoms. The molecule has 0 amide bonds. The van der Waals surface area contributed by atoms with Crippen molar-refractivity contribution in [2.45, 2.75) is 18.2 Å². The normalized spacial score (nSPS) is 13.4. The Bertz CT molecular complexity index is 1190. The first-order valence-electron chi connectivity index (χ1n) is 8.78. The molecule has 144 valence electrons. The van der Waals surface area contributed by atoms with E-state index in [4.69, 9.17) is 4.74 Å². The number of rotatable bonds is 4. The van der Waals surface area contributed by atoms with Crippen LogP contribution in [0.3, 0.4) is 0 Å². The quantitative estimate of drug-likeness (QED) is 0.675. The average molecular weight is 397 g/mol. The van der Waals surface area contributed by atoms with Gasteiger partial charge >= 0.3 is 6.01 Å². The van der Waals surface area contributed by atoms with E-state index in [9.17, 15) is 13.2 Å². The molecule has 2 heterocycles. The Hall–Kier alpha value is -3.13. The number of fused-ring (bicyclic) bond motifs is 1. The molecule has 2 aromatic carbocycles. The molecule has 1 aliphatic heterocycles. The molecule has 0 fully saturated rings. The van der Waals surface area contributed by atoms with Gasteiger partial charge in [-0.25, -0.2) is 17.3 Å². The zero-order valence-electron chi connectivity index (χ0n) is 15.5. The lowest BCUT2D eigenvalue weighted by molar-refractivity contribution is 0.366. The van der Waals surface area contributed by atoms with Crippen LogP contribution in [0.15, 0.2) is 64.3 Å². The van der Waals surface area contributed by atoms with Crippen molar-refractivity contribution < 1.29 is 13.2 Å². The molecule has 0 atom stereocenters. The van der Waals surface area contributed by atoms with Crippen molar-refractivity contribution in [1.29, 1.82) is 0 Å². The van der Waals surface area contributed by atoms with E-state index in [1.54, 1.807) is 36.4 Å². The number of ether oxygens (including phenoxy) is 1. The Morgan fingerprint density at radius 3 is 2.36 bits per heavy atom. The molecule has 0 N–H and O–H groups in total. The Kier molecular flexibility index (Phi) is 4.43. The van der Waals surface area contributed by atoms with Crippen molar-refractivity contribution in [2.75, 3.05) is 18.0 Å². The minimum Gasteiger partial charge on any atom is -0.468 e. The number of sulfonamides is 1. The van der Waals surface area contributed by atoms with Crippen LogP contribution < -0.4 is 14.6 Å². The number of hydrogen-bond donors (Lipinski definition) is 0. The SMILES string of the molecule is COc1nc2c(c(=O)n1-c1ccccc1)CCN2S(=O)(=O)c1ccc(C)cc1.